The Hall–Kier alpha value is -2.61. The van der Waals surface area contributed by atoms with Crippen molar-refractivity contribution in [3.63, 3.8) is 0 Å². The summed E-state index contributed by atoms with van der Waals surface area (Å²) in [5, 5.41) is 12.1. The van der Waals surface area contributed by atoms with Crippen molar-refractivity contribution in [1.29, 1.82) is 0 Å². The highest BCUT2D eigenvalue weighted by molar-refractivity contribution is 7.09. The zero-order valence-corrected chi connectivity index (χ0v) is 17.7. The number of carbonyl (C=O) groups excluding carboxylic acids is 1. The summed E-state index contributed by atoms with van der Waals surface area (Å²) >= 11 is 1.59. The number of aromatic nitrogens is 1. The fourth-order valence-electron chi connectivity index (χ4n) is 2.27. The Kier molecular flexibility index (Phi) is 8.25. The van der Waals surface area contributed by atoms with Crippen molar-refractivity contribution < 1.29 is 9.53 Å². The molecule has 2 aromatic rings. The van der Waals surface area contributed by atoms with E-state index in [2.05, 4.69) is 25.9 Å². The van der Waals surface area contributed by atoms with Gasteiger partial charge in [-0.05, 0) is 27.7 Å². The van der Waals surface area contributed by atoms with Gasteiger partial charge in [0.1, 0.15) is 10.6 Å². The molecule has 0 aliphatic heterocycles. The lowest BCUT2D eigenvalue weighted by Crippen LogP contribution is -2.42. The zero-order valence-electron chi connectivity index (χ0n) is 16.9. The van der Waals surface area contributed by atoms with Crippen molar-refractivity contribution in [1.82, 2.24) is 20.9 Å². The van der Waals surface area contributed by atoms with Crippen LogP contribution in [0.15, 0.2) is 40.7 Å². The van der Waals surface area contributed by atoms with Gasteiger partial charge in [0.25, 0.3) is 0 Å². The second-order valence-electron chi connectivity index (χ2n) is 7.04. The van der Waals surface area contributed by atoms with Gasteiger partial charge < -0.3 is 20.7 Å². The summed E-state index contributed by atoms with van der Waals surface area (Å²) in [7, 11) is 0. The number of nitrogens with one attached hydrogen (secondary N) is 3. The molecule has 2 rings (SSSR count). The molecule has 152 valence electrons. The zero-order chi connectivity index (χ0) is 20.4. The van der Waals surface area contributed by atoms with Gasteiger partial charge in [0, 0.05) is 30.6 Å². The van der Waals surface area contributed by atoms with E-state index in [0.717, 1.165) is 22.8 Å². The van der Waals surface area contributed by atoms with Crippen molar-refractivity contribution in [2.24, 2.45) is 4.99 Å². The average molecular weight is 404 g/mol. The number of rotatable bonds is 7. The normalized spacial score (nSPS) is 11.8. The molecule has 1 heterocycles. The third-order valence-electron chi connectivity index (χ3n) is 3.42. The van der Waals surface area contributed by atoms with Gasteiger partial charge >= 0.3 is 6.09 Å². The molecule has 0 saturated heterocycles. The van der Waals surface area contributed by atoms with Gasteiger partial charge in [-0.3, -0.25) is 0 Å². The Morgan fingerprint density at radius 1 is 1.14 bits per heavy atom. The van der Waals surface area contributed by atoms with E-state index in [-0.39, 0.29) is 0 Å². The van der Waals surface area contributed by atoms with Gasteiger partial charge in [-0.25, -0.2) is 14.8 Å². The minimum atomic E-state index is -0.500. The first-order chi connectivity index (χ1) is 13.4. The van der Waals surface area contributed by atoms with Gasteiger partial charge in [-0.2, -0.15) is 0 Å². The number of hydrogen-bond acceptors (Lipinski definition) is 5. The maximum Gasteiger partial charge on any atom is 0.407 e. The molecule has 7 nitrogen and oxygen atoms in total. The largest absolute Gasteiger partial charge is 0.444 e. The monoisotopic (exact) mass is 403 g/mol. The molecular formula is C20H29N5O2S. The van der Waals surface area contributed by atoms with Crippen molar-refractivity contribution in [2.75, 3.05) is 19.6 Å². The predicted octanol–water partition coefficient (Wildman–Crippen LogP) is 3.39. The minimum Gasteiger partial charge on any atom is -0.444 e. The molecule has 1 amide bonds. The number of aliphatic imine (C=N–C) groups is 1. The summed E-state index contributed by atoms with van der Waals surface area (Å²) in [6.45, 7) is 9.73. The summed E-state index contributed by atoms with van der Waals surface area (Å²) < 4.78 is 5.21. The fourth-order valence-corrected chi connectivity index (χ4v) is 3.00. The molecule has 8 heteroatoms. The maximum atomic E-state index is 11.6. The summed E-state index contributed by atoms with van der Waals surface area (Å²) in [5.41, 5.74) is 1.57. The molecule has 28 heavy (non-hydrogen) atoms. The molecule has 0 saturated carbocycles. The topological polar surface area (TPSA) is 87.6 Å². The Bertz CT molecular complexity index is 768. The van der Waals surface area contributed by atoms with E-state index in [9.17, 15) is 4.79 Å². The van der Waals surface area contributed by atoms with E-state index in [1.807, 2.05) is 63.4 Å². The third kappa shape index (κ3) is 7.96. The minimum absolute atomic E-state index is 0.424. The third-order valence-corrected chi connectivity index (χ3v) is 4.26. The molecule has 1 aromatic carbocycles. The molecule has 0 aliphatic rings. The summed E-state index contributed by atoms with van der Waals surface area (Å²) in [4.78, 5) is 20.9. The number of carbonyl (C=O) groups is 1. The lowest BCUT2D eigenvalue weighted by atomic mass is 10.2. The molecule has 1 aromatic heterocycles. The summed E-state index contributed by atoms with van der Waals surface area (Å²) in [5.74, 6) is 0.685. The Balaban J connectivity index is 1.82. The number of hydrogen-bond donors (Lipinski definition) is 3. The highest BCUT2D eigenvalue weighted by Gasteiger charge is 2.15. The van der Waals surface area contributed by atoms with Crippen molar-refractivity contribution in [2.45, 2.75) is 39.8 Å². The highest BCUT2D eigenvalue weighted by Crippen LogP contribution is 2.21. The quantitative estimate of drug-likeness (QED) is 0.375. The van der Waals surface area contributed by atoms with Crippen molar-refractivity contribution in [3.05, 3.63) is 40.7 Å². The van der Waals surface area contributed by atoms with E-state index in [0.29, 0.717) is 25.6 Å². The van der Waals surface area contributed by atoms with Crippen LogP contribution >= 0.6 is 11.3 Å². The van der Waals surface area contributed by atoms with Crippen LogP contribution in [0.2, 0.25) is 0 Å². The lowest BCUT2D eigenvalue weighted by molar-refractivity contribution is 0.0529. The van der Waals surface area contributed by atoms with Crippen LogP contribution in [0.1, 0.15) is 32.7 Å². The Morgan fingerprint density at radius 2 is 1.86 bits per heavy atom. The van der Waals surface area contributed by atoms with Gasteiger partial charge in [0.15, 0.2) is 5.96 Å². The first-order valence-electron chi connectivity index (χ1n) is 9.36. The smallest absolute Gasteiger partial charge is 0.407 e. The molecule has 3 N–H and O–H groups in total. The van der Waals surface area contributed by atoms with E-state index < -0.39 is 11.7 Å². The molecule has 0 radical (unpaired) electrons. The van der Waals surface area contributed by atoms with Gasteiger partial charge in [-0.1, -0.05) is 30.3 Å². The van der Waals surface area contributed by atoms with Crippen LogP contribution in [0.4, 0.5) is 4.79 Å². The van der Waals surface area contributed by atoms with Crippen LogP contribution in [0, 0.1) is 0 Å². The number of nitrogens with zero attached hydrogens (tertiary/aromatic N) is 2. The second kappa shape index (κ2) is 10.7. The summed E-state index contributed by atoms with van der Waals surface area (Å²) in [6.07, 6.45) is -0.424. The van der Waals surface area contributed by atoms with Crippen LogP contribution in [-0.2, 0) is 11.3 Å². The number of benzene rings is 1. The predicted molar refractivity (Wildman–Crippen MR) is 115 cm³/mol. The number of alkyl carbamates (subject to hydrolysis) is 1. The van der Waals surface area contributed by atoms with Gasteiger partial charge in [-0.15, -0.1) is 11.3 Å². The second-order valence-corrected chi connectivity index (χ2v) is 7.99. The van der Waals surface area contributed by atoms with Crippen LogP contribution < -0.4 is 16.0 Å². The number of amides is 1. The molecular weight excluding hydrogens is 374 g/mol. The van der Waals surface area contributed by atoms with E-state index in [1.165, 1.54) is 0 Å². The molecule has 0 fully saturated rings. The van der Waals surface area contributed by atoms with E-state index in [4.69, 9.17) is 4.74 Å². The number of ether oxygens (including phenoxy) is 1. The van der Waals surface area contributed by atoms with Crippen LogP contribution in [0.3, 0.4) is 0 Å². The van der Waals surface area contributed by atoms with Gasteiger partial charge in [0.05, 0.1) is 12.2 Å². The maximum absolute atomic E-state index is 11.6. The molecule has 0 spiro atoms. The van der Waals surface area contributed by atoms with E-state index in [1.54, 1.807) is 11.3 Å². The number of guanidine groups is 1. The fraction of sp³-hybridized carbons (Fsp3) is 0.450. The van der Waals surface area contributed by atoms with Crippen LogP contribution in [0.5, 0.6) is 0 Å². The van der Waals surface area contributed by atoms with Crippen LogP contribution in [-0.4, -0.2) is 42.3 Å². The van der Waals surface area contributed by atoms with Crippen molar-refractivity contribution >= 4 is 23.4 Å². The lowest BCUT2D eigenvalue weighted by Gasteiger charge is -2.19. The molecule has 0 unspecified atom stereocenters. The Morgan fingerprint density at radius 3 is 2.54 bits per heavy atom. The van der Waals surface area contributed by atoms with Crippen LogP contribution in [0.25, 0.3) is 11.3 Å². The van der Waals surface area contributed by atoms with Gasteiger partial charge in [0.2, 0.25) is 0 Å². The first kappa shape index (κ1) is 21.7. The molecule has 0 atom stereocenters. The first-order valence-corrected chi connectivity index (χ1v) is 10.2. The summed E-state index contributed by atoms with van der Waals surface area (Å²) in [6, 6.07) is 10.1. The molecule has 0 aliphatic carbocycles. The van der Waals surface area contributed by atoms with E-state index >= 15 is 0 Å². The molecule has 0 bridgehead atoms. The highest BCUT2D eigenvalue weighted by atomic mass is 32.1. The van der Waals surface area contributed by atoms with Crippen molar-refractivity contribution in [3.8, 4) is 11.3 Å². The average Bonchev–Trinajstić information content (AvgIpc) is 3.11. The Labute approximate surface area is 170 Å². The SMILES string of the molecule is CCNC(=NCc1nc(-c2ccccc2)cs1)NCCNC(=O)OC(C)(C)C. The number of thiazole rings is 1. The standard InChI is InChI=1S/C20H29N5O2S/c1-5-21-18(22-11-12-23-19(26)27-20(2,3)4)24-13-17-25-16(14-28-17)15-9-7-6-8-10-15/h6-10,14H,5,11-13H2,1-4H3,(H,23,26)(H2,21,22,24).